The van der Waals surface area contributed by atoms with E-state index >= 15 is 0 Å². The lowest BCUT2D eigenvalue weighted by Gasteiger charge is -2.49. The average molecular weight is 611 g/mol. The molecule has 1 saturated carbocycles. The first kappa shape index (κ1) is 29.0. The molecule has 1 fully saturated rings. The Balaban J connectivity index is 1.43. The lowest BCUT2D eigenvalue weighted by molar-refractivity contribution is -0.134. The fourth-order valence-corrected chi connectivity index (χ4v) is 7.32. The maximum atomic E-state index is 14.4. The lowest BCUT2D eigenvalue weighted by Crippen LogP contribution is -2.50. The van der Waals surface area contributed by atoms with E-state index in [1.807, 2.05) is 19.3 Å². The maximum Gasteiger partial charge on any atom is 0.427 e. The molecule has 0 spiro atoms. The number of alkyl halides is 3. The van der Waals surface area contributed by atoms with Crippen LogP contribution in [0.2, 0.25) is 0 Å². The van der Waals surface area contributed by atoms with Crippen LogP contribution < -0.4 is 0 Å². The Morgan fingerprint density at radius 1 is 1.16 bits per heavy atom. The van der Waals surface area contributed by atoms with Crippen LogP contribution in [0.4, 0.5) is 17.6 Å². The molecule has 0 bridgehead atoms. The van der Waals surface area contributed by atoms with E-state index in [0.29, 0.717) is 36.3 Å². The Labute approximate surface area is 250 Å². The summed E-state index contributed by atoms with van der Waals surface area (Å²) in [7, 11) is 1.83. The minimum absolute atomic E-state index is 0.0347. The van der Waals surface area contributed by atoms with E-state index in [-0.39, 0.29) is 29.3 Å². The number of nitrogens with zero attached hydrogens (tertiary/aromatic N) is 6. The second kappa shape index (κ2) is 10.6. The maximum absolute atomic E-state index is 14.4. The zero-order valence-corrected chi connectivity index (χ0v) is 24.7. The van der Waals surface area contributed by atoms with Gasteiger partial charge in [0.25, 0.3) is 0 Å². The molecule has 0 amide bonds. The highest BCUT2D eigenvalue weighted by Crippen LogP contribution is 2.52. The number of Topliss-reactive ketones (excluding diaryl/α,β-unsaturated/α-hetero) is 1. The summed E-state index contributed by atoms with van der Waals surface area (Å²) in [6.07, 6.45) is 5.30. The number of allylic oxidation sites excluding steroid dienone is 1. The van der Waals surface area contributed by atoms with E-state index in [0.717, 1.165) is 34.3 Å². The number of carbonyl (C=O) groups excluding carboxylic acids is 1. The van der Waals surface area contributed by atoms with Gasteiger partial charge in [-0.3, -0.25) is 9.48 Å². The smallest absolute Gasteiger partial charge is 0.366 e. The van der Waals surface area contributed by atoms with Crippen LogP contribution in [0.1, 0.15) is 64.6 Å². The first-order valence-corrected chi connectivity index (χ1v) is 14.8. The minimum atomic E-state index is -4.59. The van der Waals surface area contributed by atoms with Crippen molar-refractivity contribution in [3.63, 3.8) is 0 Å². The van der Waals surface area contributed by atoms with Gasteiger partial charge in [-0.15, -0.1) is 11.3 Å². The summed E-state index contributed by atoms with van der Waals surface area (Å²) in [4.78, 5) is 19.7. The Morgan fingerprint density at radius 3 is 2.53 bits per heavy atom. The van der Waals surface area contributed by atoms with Crippen molar-refractivity contribution in [3.05, 3.63) is 93.7 Å². The molecule has 3 heterocycles. The van der Waals surface area contributed by atoms with E-state index in [1.165, 1.54) is 12.1 Å². The predicted octanol–water partition coefficient (Wildman–Crippen LogP) is 6.96. The standard InChI is InChI=1S/C31H30F4N6OS/c1-18(2)40(19(3)21-15-37-39(4)17-21)25-8-5-22-11-26-20(14-38-41(26)24-9-6-23(32)7-10-24)12-30(22,13-25)28(42)29-36-16-27(43-29)31(33,34)35/h6-7,9-11,14-18,25H,3,5,8,12-13H2,1-2,4H3/t25-,30-/m0/s1. The fraction of sp³-hybridized carbons (Fsp3) is 0.355. The lowest BCUT2D eigenvalue weighted by atomic mass is 9.60. The van der Waals surface area contributed by atoms with Gasteiger partial charge in [-0.2, -0.15) is 23.4 Å². The van der Waals surface area contributed by atoms with Gasteiger partial charge in [-0.05, 0) is 75.4 Å². The van der Waals surface area contributed by atoms with Gasteiger partial charge >= 0.3 is 6.18 Å². The van der Waals surface area contributed by atoms with Crippen LogP contribution >= 0.6 is 11.3 Å². The van der Waals surface area contributed by atoms with Gasteiger partial charge in [0, 0.05) is 36.6 Å². The summed E-state index contributed by atoms with van der Waals surface area (Å²) in [5.41, 5.74) is 3.59. The summed E-state index contributed by atoms with van der Waals surface area (Å²) < 4.78 is 57.6. The first-order chi connectivity index (χ1) is 20.4. The van der Waals surface area contributed by atoms with Crippen molar-refractivity contribution in [2.24, 2.45) is 12.5 Å². The number of ketones is 1. The molecule has 1 aromatic carbocycles. The largest absolute Gasteiger partial charge is 0.427 e. The summed E-state index contributed by atoms with van der Waals surface area (Å²) in [6.45, 7) is 8.49. The molecule has 0 aliphatic heterocycles. The number of halogens is 4. The Hall–Kier alpha value is -4.06. The first-order valence-electron chi connectivity index (χ1n) is 14.0. The average Bonchev–Trinajstić information content (AvgIpc) is 3.71. The van der Waals surface area contributed by atoms with Crippen LogP contribution in [-0.4, -0.2) is 47.3 Å². The number of aromatic nitrogens is 5. The number of benzene rings is 1. The van der Waals surface area contributed by atoms with Crippen LogP contribution in [0, 0.1) is 11.2 Å². The zero-order valence-electron chi connectivity index (χ0n) is 23.9. The van der Waals surface area contributed by atoms with E-state index in [2.05, 4.69) is 40.5 Å². The molecule has 0 saturated heterocycles. The molecule has 0 N–H and O–H groups in total. The Morgan fingerprint density at radius 2 is 1.91 bits per heavy atom. The molecule has 4 aromatic rings. The van der Waals surface area contributed by atoms with Gasteiger partial charge in [-0.1, -0.05) is 12.2 Å². The van der Waals surface area contributed by atoms with Crippen LogP contribution in [0.15, 0.2) is 61.2 Å². The molecule has 224 valence electrons. The minimum Gasteiger partial charge on any atom is -0.366 e. The van der Waals surface area contributed by atoms with Crippen LogP contribution in [-0.2, 0) is 19.6 Å². The molecule has 0 radical (unpaired) electrons. The molecule has 6 rings (SSSR count). The molecule has 0 unspecified atom stereocenters. The van der Waals surface area contributed by atoms with Crippen molar-refractivity contribution in [2.75, 3.05) is 0 Å². The highest BCUT2D eigenvalue weighted by Gasteiger charge is 2.51. The Kier molecular flexibility index (Phi) is 7.15. The summed E-state index contributed by atoms with van der Waals surface area (Å²) >= 11 is 0.387. The number of hydrogen-bond acceptors (Lipinski definition) is 6. The topological polar surface area (TPSA) is 68.8 Å². The summed E-state index contributed by atoms with van der Waals surface area (Å²) in [6, 6.07) is 5.88. The third kappa shape index (κ3) is 5.11. The number of carbonyl (C=O) groups is 1. The quantitative estimate of drug-likeness (QED) is 0.167. The van der Waals surface area contributed by atoms with Crippen molar-refractivity contribution in [1.82, 2.24) is 29.4 Å². The van der Waals surface area contributed by atoms with Gasteiger partial charge in [-0.25, -0.2) is 14.1 Å². The van der Waals surface area contributed by atoms with Gasteiger partial charge in [0.05, 0.1) is 35.4 Å². The van der Waals surface area contributed by atoms with Crippen molar-refractivity contribution in [2.45, 2.75) is 57.8 Å². The number of aryl methyl sites for hydroxylation is 1. The molecule has 2 aliphatic carbocycles. The highest BCUT2D eigenvalue weighted by atomic mass is 32.1. The zero-order chi connectivity index (χ0) is 30.7. The van der Waals surface area contributed by atoms with Crippen molar-refractivity contribution in [1.29, 1.82) is 0 Å². The highest BCUT2D eigenvalue weighted by molar-refractivity contribution is 7.13. The van der Waals surface area contributed by atoms with E-state index in [1.54, 1.807) is 33.9 Å². The SMILES string of the molecule is C=C(c1cnn(C)c1)N(C(C)C)[C@H]1CCC2=Cc3c(cnn3-c3ccc(F)cc3)C[C@]2(C(=O)c2ncc(C(F)(F)F)s2)C1. The second-order valence-corrected chi connectivity index (χ2v) is 12.5. The van der Waals surface area contributed by atoms with Crippen LogP contribution in [0.25, 0.3) is 17.5 Å². The summed E-state index contributed by atoms with van der Waals surface area (Å²) in [5.74, 6) is -0.782. The third-order valence-corrected chi connectivity index (χ3v) is 9.46. The van der Waals surface area contributed by atoms with Gasteiger partial charge < -0.3 is 4.90 Å². The van der Waals surface area contributed by atoms with Crippen molar-refractivity contribution >= 4 is 28.9 Å². The molecule has 12 heteroatoms. The van der Waals surface area contributed by atoms with Crippen LogP contribution in [0.3, 0.4) is 0 Å². The molecular weight excluding hydrogens is 580 g/mol. The Bertz CT molecular complexity index is 1730. The van der Waals surface area contributed by atoms with E-state index in [9.17, 15) is 22.4 Å². The second-order valence-electron chi connectivity index (χ2n) is 11.5. The number of rotatable bonds is 7. The van der Waals surface area contributed by atoms with Gasteiger partial charge in [0.15, 0.2) is 5.01 Å². The van der Waals surface area contributed by atoms with Crippen molar-refractivity contribution < 1.29 is 22.4 Å². The van der Waals surface area contributed by atoms with Crippen LogP contribution in [0.5, 0.6) is 0 Å². The molecule has 2 aliphatic rings. The molecule has 2 atom stereocenters. The number of thiazole rings is 1. The molecule has 3 aromatic heterocycles. The number of fused-ring (bicyclic) bond motifs is 2. The van der Waals surface area contributed by atoms with Gasteiger partial charge in [0.1, 0.15) is 10.7 Å². The monoisotopic (exact) mass is 610 g/mol. The van der Waals surface area contributed by atoms with E-state index in [4.69, 9.17) is 0 Å². The number of hydrogen-bond donors (Lipinski definition) is 0. The fourth-order valence-electron chi connectivity index (χ4n) is 6.50. The molecule has 43 heavy (non-hydrogen) atoms. The van der Waals surface area contributed by atoms with Gasteiger partial charge in [0.2, 0.25) is 5.78 Å². The molecular formula is C31H30F4N6OS. The van der Waals surface area contributed by atoms with Crippen molar-refractivity contribution in [3.8, 4) is 5.69 Å². The predicted molar refractivity (Wildman–Crippen MR) is 156 cm³/mol. The third-order valence-electron chi connectivity index (χ3n) is 8.42. The van der Waals surface area contributed by atoms with E-state index < -0.39 is 22.3 Å². The molecule has 7 nitrogen and oxygen atoms in total. The normalized spacial score (nSPS) is 20.0. The summed E-state index contributed by atoms with van der Waals surface area (Å²) in [5, 5.41) is 8.68.